The number of rotatable bonds is 6. The quantitative estimate of drug-likeness (QED) is 0.165. The van der Waals surface area contributed by atoms with Gasteiger partial charge in [-0.05, 0) is 67.8 Å². The third kappa shape index (κ3) is 5.17. The number of hydrogen-bond donors (Lipinski definition) is 1. The van der Waals surface area contributed by atoms with Crippen molar-refractivity contribution in [3.05, 3.63) is 135 Å². The minimum absolute atomic E-state index is 0.0438. The number of nitrogens with zero attached hydrogens (tertiary/aromatic N) is 1. The maximum Gasteiger partial charge on any atom is 0.379 e. The molecular weight excluding hydrogens is 547 g/mol. The first-order chi connectivity index (χ1) is 20.7. The van der Waals surface area contributed by atoms with Gasteiger partial charge >= 0.3 is 5.97 Å². The number of carbonyl (C=O) groups excluding carboxylic acids is 1. The van der Waals surface area contributed by atoms with Gasteiger partial charge in [-0.15, -0.1) is 0 Å². The van der Waals surface area contributed by atoms with E-state index in [1.807, 2.05) is 39.0 Å². The fourth-order valence-electron chi connectivity index (χ4n) is 5.54. The van der Waals surface area contributed by atoms with Gasteiger partial charge in [-0.2, -0.15) is 5.26 Å². The SMILES string of the molecule is Cc1cc(C)c2c(C)c(C(=O)Oc3ccc4c(c3)OC(N)=C(C#N)C4c3cccc(OCc4ccccc4F)c3)oc2c1. The first-order valence-corrected chi connectivity index (χ1v) is 13.6. The number of allylic oxidation sites excluding steroid dienone is 1. The molecule has 4 aromatic carbocycles. The normalized spacial score (nSPS) is 14.2. The minimum Gasteiger partial charge on any atom is -0.489 e. The van der Waals surface area contributed by atoms with Gasteiger partial charge in [-0.1, -0.05) is 42.5 Å². The summed E-state index contributed by atoms with van der Waals surface area (Å²) in [4.78, 5) is 13.2. The molecule has 0 saturated heterocycles. The summed E-state index contributed by atoms with van der Waals surface area (Å²) in [7, 11) is 0. The average molecular weight is 575 g/mol. The first-order valence-electron chi connectivity index (χ1n) is 13.6. The van der Waals surface area contributed by atoms with Crippen molar-refractivity contribution in [1.29, 1.82) is 5.26 Å². The number of carbonyl (C=O) groups is 1. The van der Waals surface area contributed by atoms with Crippen LogP contribution in [-0.4, -0.2) is 5.97 Å². The Morgan fingerprint density at radius 2 is 1.81 bits per heavy atom. The third-order valence-electron chi connectivity index (χ3n) is 7.50. The van der Waals surface area contributed by atoms with Crippen molar-refractivity contribution in [2.24, 2.45) is 5.73 Å². The Kier molecular flexibility index (Phi) is 7.08. The maximum atomic E-state index is 14.1. The highest BCUT2D eigenvalue weighted by Gasteiger charge is 2.32. The summed E-state index contributed by atoms with van der Waals surface area (Å²) in [6, 6.07) is 24.6. The number of aryl methyl sites for hydroxylation is 3. The Morgan fingerprint density at radius 1 is 1.00 bits per heavy atom. The van der Waals surface area contributed by atoms with Gasteiger partial charge in [0, 0.05) is 28.1 Å². The second kappa shape index (κ2) is 11.0. The molecule has 0 aliphatic carbocycles. The van der Waals surface area contributed by atoms with Crippen LogP contribution in [0.2, 0.25) is 0 Å². The summed E-state index contributed by atoms with van der Waals surface area (Å²) in [5, 5.41) is 10.9. The van der Waals surface area contributed by atoms with E-state index in [4.69, 9.17) is 24.4 Å². The summed E-state index contributed by atoms with van der Waals surface area (Å²) >= 11 is 0. The fraction of sp³-hybridized carbons (Fsp3) is 0.143. The lowest BCUT2D eigenvalue weighted by atomic mass is 9.83. The lowest BCUT2D eigenvalue weighted by Crippen LogP contribution is -2.21. The first kappa shape index (κ1) is 27.6. The molecule has 0 fully saturated rings. The van der Waals surface area contributed by atoms with E-state index < -0.39 is 11.9 Å². The van der Waals surface area contributed by atoms with Crippen molar-refractivity contribution in [3.8, 4) is 23.3 Å². The fourth-order valence-corrected chi connectivity index (χ4v) is 5.54. The summed E-state index contributed by atoms with van der Waals surface area (Å²) in [5.41, 5.74) is 11.6. The zero-order valence-electron chi connectivity index (χ0n) is 23.7. The molecule has 1 aromatic heterocycles. The number of halogens is 1. The van der Waals surface area contributed by atoms with E-state index in [-0.39, 0.29) is 35.4 Å². The molecular formula is C35H27FN2O5. The molecule has 6 rings (SSSR count). The molecule has 1 unspecified atom stereocenters. The lowest BCUT2D eigenvalue weighted by Gasteiger charge is -2.27. The molecule has 8 heteroatoms. The van der Waals surface area contributed by atoms with Crippen LogP contribution in [-0.2, 0) is 6.61 Å². The zero-order chi connectivity index (χ0) is 30.2. The van der Waals surface area contributed by atoms with E-state index in [9.17, 15) is 14.4 Å². The number of fused-ring (bicyclic) bond motifs is 2. The van der Waals surface area contributed by atoms with Crippen LogP contribution >= 0.6 is 0 Å². The predicted octanol–water partition coefficient (Wildman–Crippen LogP) is 7.51. The smallest absolute Gasteiger partial charge is 0.379 e. The molecule has 1 aliphatic rings. The molecule has 0 spiro atoms. The third-order valence-corrected chi connectivity index (χ3v) is 7.50. The van der Waals surface area contributed by atoms with E-state index in [0.717, 1.165) is 22.1 Å². The number of nitriles is 1. The molecule has 43 heavy (non-hydrogen) atoms. The van der Waals surface area contributed by atoms with Crippen LogP contribution in [0.25, 0.3) is 11.0 Å². The lowest BCUT2D eigenvalue weighted by molar-refractivity contribution is 0.0702. The molecule has 1 atom stereocenters. The molecule has 0 radical (unpaired) electrons. The topological polar surface area (TPSA) is 108 Å². The summed E-state index contributed by atoms with van der Waals surface area (Å²) in [5.74, 6) is -0.418. The van der Waals surface area contributed by atoms with Gasteiger partial charge in [0.2, 0.25) is 11.6 Å². The molecule has 2 N–H and O–H groups in total. The maximum absolute atomic E-state index is 14.1. The average Bonchev–Trinajstić information content (AvgIpc) is 3.32. The molecule has 214 valence electrons. The highest BCUT2D eigenvalue weighted by atomic mass is 19.1. The Labute approximate surface area is 247 Å². The molecule has 7 nitrogen and oxygen atoms in total. The molecule has 0 saturated carbocycles. The van der Waals surface area contributed by atoms with Crippen molar-refractivity contribution in [2.45, 2.75) is 33.3 Å². The van der Waals surface area contributed by atoms with Crippen LogP contribution in [0.5, 0.6) is 17.2 Å². The van der Waals surface area contributed by atoms with Gasteiger partial charge in [-0.3, -0.25) is 0 Å². The van der Waals surface area contributed by atoms with Crippen molar-refractivity contribution in [2.75, 3.05) is 0 Å². The molecule has 0 amide bonds. The van der Waals surface area contributed by atoms with Crippen LogP contribution in [0.1, 0.15) is 49.9 Å². The van der Waals surface area contributed by atoms with Crippen LogP contribution in [0.15, 0.2) is 94.7 Å². The standard InChI is InChI=1S/C35H27FN2O5/c1-19-13-20(2)31-21(3)33(42-30(31)14-19)35(39)41-25-11-12-26-29(16-25)43-34(38)27(17-37)32(26)22-8-6-9-24(15-22)40-18-23-7-4-5-10-28(23)36/h4-16,32H,18,38H2,1-3H3. The summed E-state index contributed by atoms with van der Waals surface area (Å²) in [6.45, 7) is 5.81. The predicted molar refractivity (Wildman–Crippen MR) is 158 cm³/mol. The van der Waals surface area contributed by atoms with E-state index >= 15 is 0 Å². The van der Waals surface area contributed by atoms with Gasteiger partial charge < -0.3 is 24.4 Å². The van der Waals surface area contributed by atoms with Crippen LogP contribution in [0, 0.1) is 37.9 Å². The number of ether oxygens (including phenoxy) is 3. The number of nitrogens with two attached hydrogens (primary N) is 1. The molecule has 1 aliphatic heterocycles. The van der Waals surface area contributed by atoms with E-state index in [1.54, 1.807) is 54.6 Å². The van der Waals surface area contributed by atoms with E-state index in [1.165, 1.54) is 6.07 Å². The molecule has 0 bridgehead atoms. The van der Waals surface area contributed by atoms with Crippen LogP contribution in [0.4, 0.5) is 4.39 Å². The van der Waals surface area contributed by atoms with Crippen LogP contribution in [0.3, 0.4) is 0 Å². The molecule has 5 aromatic rings. The van der Waals surface area contributed by atoms with Gasteiger partial charge in [0.25, 0.3) is 0 Å². The van der Waals surface area contributed by atoms with Crippen molar-refractivity contribution in [3.63, 3.8) is 0 Å². The van der Waals surface area contributed by atoms with Crippen molar-refractivity contribution < 1.29 is 27.8 Å². The highest BCUT2D eigenvalue weighted by molar-refractivity contribution is 5.98. The van der Waals surface area contributed by atoms with Crippen molar-refractivity contribution in [1.82, 2.24) is 0 Å². The second-order valence-electron chi connectivity index (χ2n) is 10.5. The number of esters is 1. The van der Waals surface area contributed by atoms with Crippen molar-refractivity contribution >= 4 is 16.9 Å². The van der Waals surface area contributed by atoms with Gasteiger partial charge in [0.15, 0.2) is 0 Å². The highest BCUT2D eigenvalue weighted by Crippen LogP contribution is 2.44. The number of hydrogen-bond acceptors (Lipinski definition) is 7. The van der Waals surface area contributed by atoms with Gasteiger partial charge in [0.1, 0.15) is 46.9 Å². The number of furan rings is 1. The Hall–Kier alpha value is -5.55. The molecule has 2 heterocycles. The number of benzene rings is 4. The van der Waals surface area contributed by atoms with Gasteiger partial charge in [-0.25, -0.2) is 9.18 Å². The minimum atomic E-state index is -0.640. The summed E-state index contributed by atoms with van der Waals surface area (Å²) in [6.07, 6.45) is 0. The zero-order valence-corrected chi connectivity index (χ0v) is 23.7. The Morgan fingerprint density at radius 3 is 2.60 bits per heavy atom. The second-order valence-corrected chi connectivity index (χ2v) is 10.5. The Balaban J connectivity index is 1.29. The van der Waals surface area contributed by atoms with E-state index in [0.29, 0.717) is 33.8 Å². The van der Waals surface area contributed by atoms with Crippen LogP contribution < -0.4 is 19.9 Å². The van der Waals surface area contributed by atoms with Gasteiger partial charge in [0.05, 0.1) is 5.92 Å². The monoisotopic (exact) mass is 574 g/mol. The van der Waals surface area contributed by atoms with E-state index in [2.05, 4.69) is 6.07 Å². The Bertz CT molecular complexity index is 1980. The summed E-state index contributed by atoms with van der Waals surface area (Å²) < 4.78 is 37.4. The largest absolute Gasteiger partial charge is 0.489 e.